The van der Waals surface area contributed by atoms with Gasteiger partial charge < -0.3 is 0 Å². The van der Waals surface area contributed by atoms with Crippen LogP contribution >= 0.6 is 11.6 Å². The van der Waals surface area contributed by atoms with Gasteiger partial charge in [0.05, 0.1) is 11.6 Å². The molecule has 0 aromatic carbocycles. The first-order valence-corrected chi connectivity index (χ1v) is 4.41. The standard InChI is InChI=1S/C8H4ClF6N/c9-2-3-1-4(10)5(8(13,14)15)6(16-3)7(11)12/h1,7H,2H2. The van der Waals surface area contributed by atoms with Gasteiger partial charge in [0.1, 0.15) is 17.1 Å². The summed E-state index contributed by atoms with van der Waals surface area (Å²) in [4.78, 5) is 2.98. The molecule has 0 saturated heterocycles. The molecule has 0 unspecified atom stereocenters. The van der Waals surface area contributed by atoms with Gasteiger partial charge in [-0.1, -0.05) is 0 Å². The summed E-state index contributed by atoms with van der Waals surface area (Å²) in [6, 6.07) is 0.391. The number of pyridine rings is 1. The maximum absolute atomic E-state index is 13.0. The summed E-state index contributed by atoms with van der Waals surface area (Å²) >= 11 is 5.19. The number of nitrogens with zero attached hydrogens (tertiary/aromatic N) is 1. The molecule has 0 bridgehead atoms. The molecule has 0 N–H and O–H groups in total. The van der Waals surface area contributed by atoms with Crippen molar-refractivity contribution < 1.29 is 26.3 Å². The summed E-state index contributed by atoms with van der Waals surface area (Å²) < 4.78 is 74.3. The molecule has 1 nitrogen and oxygen atoms in total. The molecule has 1 heterocycles. The Bertz CT molecular complexity index is 389. The molecule has 16 heavy (non-hydrogen) atoms. The summed E-state index contributed by atoms with van der Waals surface area (Å²) in [5, 5.41) is 0. The molecular weight excluding hydrogens is 260 g/mol. The molecule has 8 heteroatoms. The SMILES string of the molecule is Fc1cc(CCl)nc(C(F)F)c1C(F)(F)F. The van der Waals surface area contributed by atoms with Crippen molar-refractivity contribution in [2.45, 2.75) is 18.5 Å². The topological polar surface area (TPSA) is 12.9 Å². The molecule has 0 fully saturated rings. The van der Waals surface area contributed by atoms with Crippen molar-refractivity contribution >= 4 is 11.6 Å². The number of alkyl halides is 6. The van der Waals surface area contributed by atoms with Gasteiger partial charge in [-0.25, -0.2) is 18.2 Å². The number of rotatable bonds is 2. The van der Waals surface area contributed by atoms with Crippen molar-refractivity contribution in [3.05, 3.63) is 28.8 Å². The molecular formula is C8H4ClF6N. The highest BCUT2D eigenvalue weighted by molar-refractivity contribution is 6.16. The molecule has 1 aromatic rings. The van der Waals surface area contributed by atoms with E-state index in [1.54, 1.807) is 0 Å². The normalized spacial score (nSPS) is 12.2. The first-order valence-electron chi connectivity index (χ1n) is 3.88. The van der Waals surface area contributed by atoms with Crippen molar-refractivity contribution in [3.8, 4) is 0 Å². The minimum Gasteiger partial charge on any atom is -0.250 e. The van der Waals surface area contributed by atoms with E-state index in [-0.39, 0.29) is 5.69 Å². The summed E-state index contributed by atoms with van der Waals surface area (Å²) in [5.41, 5.74) is -4.05. The van der Waals surface area contributed by atoms with Crippen LogP contribution in [0, 0.1) is 5.82 Å². The Morgan fingerprint density at radius 2 is 1.88 bits per heavy atom. The smallest absolute Gasteiger partial charge is 0.250 e. The quantitative estimate of drug-likeness (QED) is 0.582. The number of aromatic nitrogens is 1. The number of hydrogen-bond donors (Lipinski definition) is 0. The second kappa shape index (κ2) is 4.48. The van der Waals surface area contributed by atoms with Crippen LogP contribution in [0.2, 0.25) is 0 Å². The molecule has 1 aromatic heterocycles. The second-order valence-electron chi connectivity index (χ2n) is 2.79. The Hall–Kier alpha value is -0.980. The van der Waals surface area contributed by atoms with Crippen LogP contribution in [-0.4, -0.2) is 4.98 Å². The van der Waals surface area contributed by atoms with Crippen LogP contribution < -0.4 is 0 Å². The van der Waals surface area contributed by atoms with Gasteiger partial charge in [0.15, 0.2) is 0 Å². The van der Waals surface area contributed by atoms with E-state index in [0.29, 0.717) is 6.07 Å². The van der Waals surface area contributed by atoms with Crippen molar-refractivity contribution in [1.29, 1.82) is 0 Å². The zero-order valence-corrected chi connectivity index (χ0v) is 8.21. The van der Waals surface area contributed by atoms with Gasteiger partial charge in [0.2, 0.25) is 0 Å². The molecule has 0 amide bonds. The van der Waals surface area contributed by atoms with Crippen LogP contribution in [0.3, 0.4) is 0 Å². The van der Waals surface area contributed by atoms with E-state index in [0.717, 1.165) is 0 Å². The highest BCUT2D eigenvalue weighted by Gasteiger charge is 2.40. The zero-order valence-electron chi connectivity index (χ0n) is 7.45. The molecule has 0 aliphatic carbocycles. The molecule has 0 aliphatic heterocycles. The molecule has 90 valence electrons. The third-order valence-electron chi connectivity index (χ3n) is 1.68. The molecule has 0 aliphatic rings. The van der Waals surface area contributed by atoms with Gasteiger partial charge in [-0.15, -0.1) is 11.6 Å². The van der Waals surface area contributed by atoms with Crippen LogP contribution in [0.15, 0.2) is 6.07 Å². The molecule has 0 atom stereocenters. The second-order valence-corrected chi connectivity index (χ2v) is 3.06. The monoisotopic (exact) mass is 263 g/mol. The number of halogens is 7. The van der Waals surface area contributed by atoms with Gasteiger partial charge in [0.25, 0.3) is 6.43 Å². The largest absolute Gasteiger partial charge is 0.421 e. The first kappa shape index (κ1) is 13.1. The Kier molecular flexibility index (Phi) is 3.67. The summed E-state index contributed by atoms with van der Waals surface area (Å²) in [5.74, 6) is -2.25. The minimum absolute atomic E-state index is 0.373. The summed E-state index contributed by atoms with van der Waals surface area (Å²) in [6.07, 6.45) is -8.73. The van der Waals surface area contributed by atoms with E-state index < -0.39 is 35.6 Å². The molecule has 1 rings (SSSR count). The Balaban J connectivity index is 3.46. The van der Waals surface area contributed by atoms with E-state index in [1.807, 2.05) is 0 Å². The van der Waals surface area contributed by atoms with Gasteiger partial charge in [-0.3, -0.25) is 0 Å². The van der Waals surface area contributed by atoms with Gasteiger partial charge in [-0.2, -0.15) is 13.2 Å². The number of hydrogen-bond acceptors (Lipinski definition) is 1. The minimum atomic E-state index is -5.21. The van der Waals surface area contributed by atoms with Crippen LogP contribution in [0.4, 0.5) is 26.3 Å². The van der Waals surface area contributed by atoms with Crippen LogP contribution in [0.25, 0.3) is 0 Å². The van der Waals surface area contributed by atoms with Gasteiger partial charge >= 0.3 is 6.18 Å². The molecule has 0 spiro atoms. The fourth-order valence-electron chi connectivity index (χ4n) is 1.09. The van der Waals surface area contributed by atoms with Gasteiger partial charge in [0, 0.05) is 0 Å². The Morgan fingerprint density at radius 3 is 2.25 bits per heavy atom. The fourth-order valence-corrected chi connectivity index (χ4v) is 1.23. The zero-order chi connectivity index (χ0) is 12.5. The van der Waals surface area contributed by atoms with Gasteiger partial charge in [-0.05, 0) is 6.07 Å². The molecule has 0 radical (unpaired) electrons. The average Bonchev–Trinajstić information content (AvgIpc) is 2.14. The Labute approximate surface area is 91.0 Å². The lowest BCUT2D eigenvalue weighted by Gasteiger charge is -2.13. The highest BCUT2D eigenvalue weighted by atomic mass is 35.5. The van der Waals surface area contributed by atoms with E-state index in [1.165, 1.54) is 0 Å². The van der Waals surface area contributed by atoms with E-state index in [4.69, 9.17) is 11.6 Å². The highest BCUT2D eigenvalue weighted by Crippen LogP contribution is 2.37. The lowest BCUT2D eigenvalue weighted by Crippen LogP contribution is -2.15. The first-order chi connectivity index (χ1) is 7.27. The van der Waals surface area contributed by atoms with Crippen LogP contribution in [-0.2, 0) is 12.1 Å². The van der Waals surface area contributed by atoms with E-state index in [2.05, 4.69) is 4.98 Å². The maximum atomic E-state index is 13.0. The summed E-state index contributed by atoms with van der Waals surface area (Å²) in [6.45, 7) is 0. The lowest BCUT2D eigenvalue weighted by atomic mass is 10.1. The van der Waals surface area contributed by atoms with Crippen molar-refractivity contribution in [2.24, 2.45) is 0 Å². The fraction of sp³-hybridized carbons (Fsp3) is 0.375. The van der Waals surface area contributed by atoms with E-state index >= 15 is 0 Å². The third kappa shape index (κ3) is 2.58. The van der Waals surface area contributed by atoms with E-state index in [9.17, 15) is 26.3 Å². The third-order valence-corrected chi connectivity index (χ3v) is 1.95. The van der Waals surface area contributed by atoms with Crippen molar-refractivity contribution in [3.63, 3.8) is 0 Å². The van der Waals surface area contributed by atoms with Crippen LogP contribution in [0.1, 0.15) is 23.4 Å². The predicted octanol–water partition coefficient (Wildman–Crippen LogP) is 3.92. The molecule has 0 saturated carbocycles. The predicted molar refractivity (Wildman–Crippen MR) is 43.7 cm³/mol. The lowest BCUT2D eigenvalue weighted by molar-refractivity contribution is -0.142. The average molecular weight is 264 g/mol. The van der Waals surface area contributed by atoms with Crippen molar-refractivity contribution in [2.75, 3.05) is 0 Å². The van der Waals surface area contributed by atoms with Crippen LogP contribution in [0.5, 0.6) is 0 Å². The van der Waals surface area contributed by atoms with Crippen molar-refractivity contribution in [1.82, 2.24) is 4.98 Å². The Morgan fingerprint density at radius 1 is 1.31 bits per heavy atom. The summed E-state index contributed by atoms with van der Waals surface area (Å²) in [7, 11) is 0. The maximum Gasteiger partial charge on any atom is 0.421 e.